The third kappa shape index (κ3) is 2.06. The number of nitrogens with two attached hydrogens (primary N) is 1. The highest BCUT2D eigenvalue weighted by molar-refractivity contribution is 6.07. The van der Waals surface area contributed by atoms with Gasteiger partial charge in [0, 0.05) is 17.7 Å². The molecule has 0 aliphatic carbocycles. The quantitative estimate of drug-likeness (QED) is 0.787. The van der Waals surface area contributed by atoms with E-state index in [-0.39, 0.29) is 11.7 Å². The Kier molecular flexibility index (Phi) is 2.93. The Morgan fingerprint density at radius 3 is 2.71 bits per heavy atom. The molecule has 0 spiro atoms. The number of H-pyrrole nitrogens is 1. The van der Waals surface area contributed by atoms with Crippen molar-refractivity contribution in [3.05, 3.63) is 23.7 Å². The number of fused-ring (bicyclic) bond motifs is 1. The smallest absolute Gasteiger partial charge is 0.181 e. The Bertz CT molecular complexity index is 557. The molecule has 0 aliphatic rings. The van der Waals surface area contributed by atoms with Crippen molar-refractivity contribution >= 4 is 16.9 Å². The van der Waals surface area contributed by atoms with Gasteiger partial charge in [0.15, 0.2) is 11.4 Å². The molecule has 5 nitrogen and oxygen atoms in total. The van der Waals surface area contributed by atoms with Crippen molar-refractivity contribution < 1.29 is 4.79 Å². The Balaban J connectivity index is 2.61. The summed E-state index contributed by atoms with van der Waals surface area (Å²) in [6.45, 7) is 5.74. The standard InChI is InChI=1S/C12H16N4O/c1-6(2)11-15-9-8(10(17)7(3)13)4-5-14-12(9)16-11/h4-7H,13H2,1-3H3,(H,14,15,16). The van der Waals surface area contributed by atoms with Gasteiger partial charge in [-0.2, -0.15) is 0 Å². The van der Waals surface area contributed by atoms with Crippen LogP contribution in [0.15, 0.2) is 12.3 Å². The van der Waals surface area contributed by atoms with Gasteiger partial charge in [-0.25, -0.2) is 9.97 Å². The largest absolute Gasteiger partial charge is 0.340 e. The number of hydrogen-bond donors (Lipinski definition) is 2. The molecule has 0 saturated heterocycles. The van der Waals surface area contributed by atoms with E-state index in [1.54, 1.807) is 19.2 Å². The van der Waals surface area contributed by atoms with E-state index in [4.69, 9.17) is 5.73 Å². The highest BCUT2D eigenvalue weighted by Gasteiger charge is 2.17. The Hall–Kier alpha value is -1.75. The highest BCUT2D eigenvalue weighted by atomic mass is 16.1. The van der Waals surface area contributed by atoms with Gasteiger partial charge >= 0.3 is 0 Å². The Morgan fingerprint density at radius 1 is 1.41 bits per heavy atom. The van der Waals surface area contributed by atoms with Crippen molar-refractivity contribution in [3.63, 3.8) is 0 Å². The van der Waals surface area contributed by atoms with Gasteiger partial charge < -0.3 is 10.7 Å². The molecule has 0 aliphatic heterocycles. The van der Waals surface area contributed by atoms with Crippen LogP contribution in [0.2, 0.25) is 0 Å². The maximum atomic E-state index is 11.9. The number of carbonyl (C=O) groups excluding carboxylic acids is 1. The minimum atomic E-state index is -0.522. The molecule has 2 aromatic heterocycles. The Morgan fingerprint density at radius 2 is 2.12 bits per heavy atom. The van der Waals surface area contributed by atoms with Gasteiger partial charge in [-0.3, -0.25) is 4.79 Å². The number of nitrogens with zero attached hydrogens (tertiary/aromatic N) is 2. The van der Waals surface area contributed by atoms with Crippen LogP contribution in [0.25, 0.3) is 11.2 Å². The average Bonchev–Trinajstić information content (AvgIpc) is 2.71. The van der Waals surface area contributed by atoms with Crippen LogP contribution in [0.3, 0.4) is 0 Å². The summed E-state index contributed by atoms with van der Waals surface area (Å²) in [4.78, 5) is 23.6. The van der Waals surface area contributed by atoms with E-state index in [0.717, 1.165) is 5.82 Å². The molecule has 1 unspecified atom stereocenters. The normalized spacial score (nSPS) is 13.2. The summed E-state index contributed by atoms with van der Waals surface area (Å²) < 4.78 is 0. The molecule has 0 radical (unpaired) electrons. The number of rotatable bonds is 3. The number of aromatic nitrogens is 3. The maximum Gasteiger partial charge on any atom is 0.181 e. The molecule has 90 valence electrons. The fourth-order valence-electron chi connectivity index (χ4n) is 1.65. The SMILES string of the molecule is CC(N)C(=O)c1ccnc2nc(C(C)C)[nH]c12. The number of hydrogen-bond acceptors (Lipinski definition) is 4. The minimum Gasteiger partial charge on any atom is -0.340 e. The number of ketones is 1. The fourth-order valence-corrected chi connectivity index (χ4v) is 1.65. The zero-order valence-electron chi connectivity index (χ0n) is 10.2. The third-order valence-electron chi connectivity index (χ3n) is 2.64. The second-order valence-corrected chi connectivity index (χ2v) is 4.49. The number of aromatic amines is 1. The molecule has 0 bridgehead atoms. The zero-order valence-corrected chi connectivity index (χ0v) is 10.2. The molecule has 2 heterocycles. The number of imidazole rings is 1. The van der Waals surface area contributed by atoms with E-state index in [1.165, 1.54) is 0 Å². The van der Waals surface area contributed by atoms with Crippen LogP contribution in [-0.4, -0.2) is 26.8 Å². The molecular weight excluding hydrogens is 216 g/mol. The molecule has 0 amide bonds. The first kappa shape index (κ1) is 11.7. The van der Waals surface area contributed by atoms with E-state index in [9.17, 15) is 4.79 Å². The van der Waals surface area contributed by atoms with Crippen molar-refractivity contribution in [1.82, 2.24) is 15.0 Å². The second-order valence-electron chi connectivity index (χ2n) is 4.49. The van der Waals surface area contributed by atoms with Gasteiger partial charge in [0.05, 0.1) is 11.6 Å². The first-order chi connectivity index (χ1) is 8.00. The van der Waals surface area contributed by atoms with Crippen molar-refractivity contribution in [1.29, 1.82) is 0 Å². The van der Waals surface area contributed by atoms with Crippen LogP contribution in [0.4, 0.5) is 0 Å². The van der Waals surface area contributed by atoms with Gasteiger partial charge in [0.1, 0.15) is 5.82 Å². The summed E-state index contributed by atoms with van der Waals surface area (Å²) >= 11 is 0. The highest BCUT2D eigenvalue weighted by Crippen LogP contribution is 2.19. The van der Waals surface area contributed by atoms with Crippen molar-refractivity contribution in [3.8, 4) is 0 Å². The van der Waals surface area contributed by atoms with Crippen LogP contribution in [0.5, 0.6) is 0 Å². The van der Waals surface area contributed by atoms with Gasteiger partial charge in [0.25, 0.3) is 0 Å². The molecule has 2 aromatic rings. The summed E-state index contributed by atoms with van der Waals surface area (Å²) in [6.07, 6.45) is 1.59. The summed E-state index contributed by atoms with van der Waals surface area (Å²) in [7, 11) is 0. The van der Waals surface area contributed by atoms with Gasteiger partial charge in [-0.15, -0.1) is 0 Å². The lowest BCUT2D eigenvalue weighted by Gasteiger charge is -2.04. The van der Waals surface area contributed by atoms with Crippen LogP contribution in [0, 0.1) is 0 Å². The lowest BCUT2D eigenvalue weighted by Crippen LogP contribution is -2.26. The lowest BCUT2D eigenvalue weighted by molar-refractivity contribution is 0.0969. The summed E-state index contributed by atoms with van der Waals surface area (Å²) in [5.41, 5.74) is 7.43. The fraction of sp³-hybridized carbons (Fsp3) is 0.417. The number of Topliss-reactive ketones (excluding diaryl/α,β-unsaturated/α-hetero) is 1. The Labute approximate surface area is 99.5 Å². The maximum absolute atomic E-state index is 11.9. The number of nitrogens with one attached hydrogen (secondary N) is 1. The van der Waals surface area contributed by atoms with Gasteiger partial charge in [0.2, 0.25) is 0 Å². The predicted octanol–water partition coefficient (Wildman–Crippen LogP) is 1.61. The average molecular weight is 232 g/mol. The van der Waals surface area contributed by atoms with E-state index < -0.39 is 6.04 Å². The summed E-state index contributed by atoms with van der Waals surface area (Å²) in [6, 6.07) is 1.16. The van der Waals surface area contributed by atoms with E-state index in [1.807, 2.05) is 13.8 Å². The second kappa shape index (κ2) is 4.25. The monoisotopic (exact) mass is 232 g/mol. The van der Waals surface area contributed by atoms with Gasteiger partial charge in [-0.05, 0) is 13.0 Å². The molecule has 1 atom stereocenters. The van der Waals surface area contributed by atoms with Crippen LogP contribution >= 0.6 is 0 Å². The first-order valence-electron chi connectivity index (χ1n) is 5.65. The minimum absolute atomic E-state index is 0.101. The third-order valence-corrected chi connectivity index (χ3v) is 2.64. The van der Waals surface area contributed by atoms with Crippen LogP contribution < -0.4 is 5.73 Å². The van der Waals surface area contributed by atoms with E-state index in [2.05, 4.69) is 15.0 Å². The van der Waals surface area contributed by atoms with Crippen molar-refractivity contribution in [2.24, 2.45) is 5.73 Å². The predicted molar refractivity (Wildman–Crippen MR) is 66.0 cm³/mol. The number of carbonyl (C=O) groups is 1. The lowest BCUT2D eigenvalue weighted by atomic mass is 10.1. The molecule has 0 saturated carbocycles. The summed E-state index contributed by atoms with van der Waals surface area (Å²) in [5, 5.41) is 0. The van der Waals surface area contributed by atoms with Crippen molar-refractivity contribution in [2.75, 3.05) is 0 Å². The molecule has 2 rings (SSSR count). The number of pyridine rings is 1. The molecule has 3 N–H and O–H groups in total. The van der Waals surface area contributed by atoms with E-state index in [0.29, 0.717) is 16.7 Å². The summed E-state index contributed by atoms with van der Waals surface area (Å²) in [5.74, 6) is 0.997. The molecular formula is C12H16N4O. The van der Waals surface area contributed by atoms with E-state index >= 15 is 0 Å². The molecule has 0 aromatic carbocycles. The van der Waals surface area contributed by atoms with Crippen LogP contribution in [0.1, 0.15) is 42.9 Å². The molecule has 0 fully saturated rings. The molecule has 5 heteroatoms. The first-order valence-corrected chi connectivity index (χ1v) is 5.65. The zero-order chi connectivity index (χ0) is 12.6. The van der Waals surface area contributed by atoms with Crippen LogP contribution in [-0.2, 0) is 0 Å². The van der Waals surface area contributed by atoms with Crippen molar-refractivity contribution in [2.45, 2.75) is 32.7 Å². The molecule has 17 heavy (non-hydrogen) atoms. The van der Waals surface area contributed by atoms with Gasteiger partial charge in [-0.1, -0.05) is 13.8 Å². The topological polar surface area (TPSA) is 84.7 Å².